The van der Waals surface area contributed by atoms with Crippen molar-refractivity contribution in [3.05, 3.63) is 84.6 Å². The van der Waals surface area contributed by atoms with E-state index in [1.165, 1.54) is 4.90 Å². The number of anilines is 2. The van der Waals surface area contributed by atoms with E-state index in [0.717, 1.165) is 22.5 Å². The van der Waals surface area contributed by atoms with Gasteiger partial charge in [0, 0.05) is 23.9 Å². The largest absolute Gasteiger partial charge is 0.497 e. The SMILES string of the molecule is COc1ccc(-n2nc(C)c(-c3ccccc3)c2NC(=O)CN(CC(C)C)C(=O)Nc2cccc(OC)c2)cc1. The molecule has 9 heteroatoms. The van der Waals surface area contributed by atoms with Crippen LogP contribution < -0.4 is 20.1 Å². The van der Waals surface area contributed by atoms with Crippen molar-refractivity contribution < 1.29 is 19.1 Å². The molecule has 3 amide bonds. The fraction of sp³-hybridized carbons (Fsp3) is 0.258. The average Bonchev–Trinajstić information content (AvgIpc) is 3.28. The number of ether oxygens (including phenoxy) is 2. The van der Waals surface area contributed by atoms with Gasteiger partial charge in [0.15, 0.2) is 0 Å². The van der Waals surface area contributed by atoms with Crippen molar-refractivity contribution in [1.82, 2.24) is 14.7 Å². The number of carbonyl (C=O) groups excluding carboxylic acids is 2. The smallest absolute Gasteiger partial charge is 0.322 e. The van der Waals surface area contributed by atoms with Gasteiger partial charge in [0.25, 0.3) is 0 Å². The number of amides is 3. The second kappa shape index (κ2) is 12.8. The molecule has 0 fully saturated rings. The van der Waals surface area contributed by atoms with Crippen molar-refractivity contribution in [3.63, 3.8) is 0 Å². The molecule has 0 spiro atoms. The Morgan fingerprint density at radius 2 is 1.60 bits per heavy atom. The second-order valence-corrected chi connectivity index (χ2v) is 9.77. The molecular formula is C31H35N5O4. The van der Waals surface area contributed by atoms with Crippen LogP contribution in [0.3, 0.4) is 0 Å². The first kappa shape index (κ1) is 28.2. The van der Waals surface area contributed by atoms with Crippen LogP contribution in [0.5, 0.6) is 11.5 Å². The third kappa shape index (κ3) is 6.79. The van der Waals surface area contributed by atoms with Gasteiger partial charge >= 0.3 is 6.03 Å². The Morgan fingerprint density at radius 3 is 2.25 bits per heavy atom. The molecule has 0 aliphatic carbocycles. The van der Waals surface area contributed by atoms with E-state index in [1.807, 2.05) is 75.4 Å². The van der Waals surface area contributed by atoms with Gasteiger partial charge in [-0.1, -0.05) is 50.2 Å². The van der Waals surface area contributed by atoms with Crippen LogP contribution >= 0.6 is 0 Å². The van der Waals surface area contributed by atoms with E-state index in [0.29, 0.717) is 29.5 Å². The number of aryl methyl sites for hydroxylation is 1. The van der Waals surface area contributed by atoms with Crippen LogP contribution in [-0.2, 0) is 4.79 Å². The summed E-state index contributed by atoms with van der Waals surface area (Å²) < 4.78 is 12.3. The Bertz CT molecular complexity index is 1450. The van der Waals surface area contributed by atoms with Crippen LogP contribution in [0.25, 0.3) is 16.8 Å². The molecule has 4 rings (SSSR count). The highest BCUT2D eigenvalue weighted by atomic mass is 16.5. The highest BCUT2D eigenvalue weighted by Crippen LogP contribution is 2.33. The molecule has 0 aliphatic heterocycles. The molecule has 2 N–H and O–H groups in total. The molecule has 0 bridgehead atoms. The molecule has 9 nitrogen and oxygen atoms in total. The third-order valence-corrected chi connectivity index (χ3v) is 6.23. The fourth-order valence-corrected chi connectivity index (χ4v) is 4.41. The lowest BCUT2D eigenvalue weighted by molar-refractivity contribution is -0.116. The molecule has 208 valence electrons. The molecule has 0 aliphatic rings. The Kier molecular flexibility index (Phi) is 9.06. The number of nitrogens with zero attached hydrogens (tertiary/aromatic N) is 3. The standard InChI is InChI=1S/C31H35N5O4/c1-21(2)19-35(31(38)32-24-12-9-13-27(18-24)40-5)20-28(37)33-30-29(23-10-7-6-8-11-23)22(3)34-36(30)25-14-16-26(39-4)17-15-25/h6-18,21H,19-20H2,1-5H3,(H,32,38)(H,33,37). The summed E-state index contributed by atoms with van der Waals surface area (Å²) in [5, 5.41) is 10.7. The number of hydrogen-bond acceptors (Lipinski definition) is 5. The number of urea groups is 1. The van der Waals surface area contributed by atoms with Crippen molar-refractivity contribution >= 4 is 23.4 Å². The quantitative estimate of drug-likeness (QED) is 0.257. The second-order valence-electron chi connectivity index (χ2n) is 9.77. The number of aromatic nitrogens is 2. The first-order valence-electron chi connectivity index (χ1n) is 13.1. The number of nitrogens with one attached hydrogen (secondary N) is 2. The molecule has 0 saturated heterocycles. The van der Waals surface area contributed by atoms with E-state index in [-0.39, 0.29) is 24.4 Å². The maximum atomic E-state index is 13.5. The van der Waals surface area contributed by atoms with Gasteiger partial charge in [-0.05, 0) is 54.8 Å². The van der Waals surface area contributed by atoms with E-state index in [9.17, 15) is 9.59 Å². The van der Waals surface area contributed by atoms with Crippen molar-refractivity contribution in [2.24, 2.45) is 5.92 Å². The summed E-state index contributed by atoms with van der Waals surface area (Å²) in [5.41, 5.74) is 3.83. The van der Waals surface area contributed by atoms with Gasteiger partial charge < -0.3 is 25.0 Å². The third-order valence-electron chi connectivity index (χ3n) is 6.23. The molecule has 1 aromatic heterocycles. The number of rotatable bonds is 10. The summed E-state index contributed by atoms with van der Waals surface area (Å²) in [4.78, 5) is 28.3. The van der Waals surface area contributed by atoms with Crippen molar-refractivity contribution in [3.8, 4) is 28.3 Å². The molecule has 0 radical (unpaired) electrons. The van der Waals surface area contributed by atoms with Gasteiger partial charge in [0.1, 0.15) is 23.9 Å². The molecule has 3 aromatic carbocycles. The minimum absolute atomic E-state index is 0.144. The van der Waals surface area contributed by atoms with Crippen LogP contribution in [0, 0.1) is 12.8 Å². The summed E-state index contributed by atoms with van der Waals surface area (Å²) in [7, 11) is 3.18. The van der Waals surface area contributed by atoms with Gasteiger partial charge in [0.05, 0.1) is 25.6 Å². The zero-order valence-electron chi connectivity index (χ0n) is 23.5. The summed E-state index contributed by atoms with van der Waals surface area (Å²) in [5.74, 6) is 1.68. The lowest BCUT2D eigenvalue weighted by atomic mass is 10.1. The summed E-state index contributed by atoms with van der Waals surface area (Å²) in [6.07, 6.45) is 0. The maximum Gasteiger partial charge on any atom is 0.322 e. The van der Waals surface area contributed by atoms with Gasteiger partial charge in [-0.15, -0.1) is 0 Å². The number of hydrogen-bond donors (Lipinski definition) is 2. The summed E-state index contributed by atoms with van der Waals surface area (Å²) in [6, 6.07) is 23.9. The Balaban J connectivity index is 1.63. The zero-order valence-corrected chi connectivity index (χ0v) is 23.5. The lowest BCUT2D eigenvalue weighted by Gasteiger charge is -2.24. The van der Waals surface area contributed by atoms with E-state index in [2.05, 4.69) is 10.6 Å². The van der Waals surface area contributed by atoms with Crippen molar-refractivity contribution in [2.45, 2.75) is 20.8 Å². The first-order chi connectivity index (χ1) is 19.3. The lowest BCUT2D eigenvalue weighted by Crippen LogP contribution is -2.42. The molecular weight excluding hydrogens is 506 g/mol. The highest BCUT2D eigenvalue weighted by Gasteiger charge is 2.23. The fourth-order valence-electron chi connectivity index (χ4n) is 4.41. The monoisotopic (exact) mass is 541 g/mol. The molecule has 40 heavy (non-hydrogen) atoms. The number of benzene rings is 3. The summed E-state index contributed by atoms with van der Waals surface area (Å²) in [6.45, 7) is 6.16. The Hall–Kier alpha value is -4.79. The topological polar surface area (TPSA) is 97.7 Å². The van der Waals surface area contributed by atoms with E-state index in [4.69, 9.17) is 14.6 Å². The van der Waals surface area contributed by atoms with Crippen LogP contribution in [0.2, 0.25) is 0 Å². The Labute approximate surface area is 234 Å². The number of methoxy groups -OCH3 is 2. The van der Waals surface area contributed by atoms with Crippen LogP contribution in [-0.4, -0.2) is 53.9 Å². The van der Waals surface area contributed by atoms with Crippen LogP contribution in [0.15, 0.2) is 78.9 Å². The first-order valence-corrected chi connectivity index (χ1v) is 13.1. The molecule has 0 unspecified atom stereocenters. The minimum atomic E-state index is -0.375. The van der Waals surface area contributed by atoms with E-state index >= 15 is 0 Å². The zero-order chi connectivity index (χ0) is 28.6. The molecule has 1 heterocycles. The normalized spacial score (nSPS) is 10.8. The highest BCUT2D eigenvalue weighted by molar-refractivity contribution is 5.99. The van der Waals surface area contributed by atoms with Gasteiger partial charge in [-0.2, -0.15) is 5.10 Å². The average molecular weight is 542 g/mol. The van der Waals surface area contributed by atoms with Gasteiger partial charge in [-0.3, -0.25) is 4.79 Å². The van der Waals surface area contributed by atoms with Gasteiger partial charge in [-0.25, -0.2) is 9.48 Å². The Morgan fingerprint density at radius 1 is 0.900 bits per heavy atom. The molecule has 0 atom stereocenters. The van der Waals surface area contributed by atoms with Gasteiger partial charge in [0.2, 0.25) is 5.91 Å². The number of carbonyl (C=O) groups is 2. The van der Waals surface area contributed by atoms with E-state index < -0.39 is 0 Å². The predicted molar refractivity (Wildman–Crippen MR) is 157 cm³/mol. The van der Waals surface area contributed by atoms with Crippen LogP contribution in [0.1, 0.15) is 19.5 Å². The van der Waals surface area contributed by atoms with Crippen LogP contribution in [0.4, 0.5) is 16.3 Å². The molecule has 4 aromatic rings. The van der Waals surface area contributed by atoms with E-state index in [1.54, 1.807) is 43.2 Å². The van der Waals surface area contributed by atoms with Crippen molar-refractivity contribution in [2.75, 3.05) is 37.9 Å². The minimum Gasteiger partial charge on any atom is -0.497 e. The maximum absolute atomic E-state index is 13.5. The molecule has 0 saturated carbocycles. The summed E-state index contributed by atoms with van der Waals surface area (Å²) >= 11 is 0. The van der Waals surface area contributed by atoms with Crippen molar-refractivity contribution in [1.29, 1.82) is 0 Å². The predicted octanol–water partition coefficient (Wildman–Crippen LogP) is 5.99.